The van der Waals surface area contributed by atoms with Crippen molar-refractivity contribution in [3.63, 3.8) is 0 Å². The smallest absolute Gasteiger partial charge is 0.255 e. The lowest BCUT2D eigenvalue weighted by Gasteiger charge is -2.45. The van der Waals surface area contributed by atoms with Crippen LogP contribution in [0.3, 0.4) is 0 Å². The first-order valence-electron chi connectivity index (χ1n) is 5.35. The topological polar surface area (TPSA) is 32.8 Å². The Morgan fingerprint density at radius 2 is 2.21 bits per heavy atom. The van der Waals surface area contributed by atoms with Crippen molar-refractivity contribution >= 4 is 5.91 Å². The van der Waals surface area contributed by atoms with Gasteiger partial charge in [-0.05, 0) is 19.9 Å². The summed E-state index contributed by atoms with van der Waals surface area (Å²) in [4.78, 5) is 16.3. The number of fused-ring (bicyclic) bond motifs is 1. The van der Waals surface area contributed by atoms with E-state index >= 15 is 0 Å². The van der Waals surface area contributed by atoms with E-state index in [2.05, 4.69) is 11.9 Å². The average molecular weight is 196 g/mol. The van der Waals surface area contributed by atoms with E-state index in [9.17, 15) is 4.79 Å². The van der Waals surface area contributed by atoms with Gasteiger partial charge in [0, 0.05) is 19.6 Å². The third kappa shape index (κ3) is 1.10. The lowest BCUT2D eigenvalue weighted by Crippen LogP contribution is -2.62. The molecule has 1 saturated carbocycles. The average Bonchev–Trinajstić information content (AvgIpc) is 2.93. The lowest BCUT2D eigenvalue weighted by molar-refractivity contribution is -0.168. The van der Waals surface area contributed by atoms with Crippen LogP contribution in [0.25, 0.3) is 0 Å². The van der Waals surface area contributed by atoms with Gasteiger partial charge in [-0.2, -0.15) is 0 Å². The van der Waals surface area contributed by atoms with Crippen LogP contribution in [0.15, 0.2) is 0 Å². The van der Waals surface area contributed by atoms with Crippen LogP contribution < -0.4 is 0 Å². The maximum atomic E-state index is 12.0. The van der Waals surface area contributed by atoms with Crippen molar-refractivity contribution in [2.75, 3.05) is 33.3 Å². The van der Waals surface area contributed by atoms with Crippen LogP contribution >= 0.6 is 0 Å². The van der Waals surface area contributed by atoms with Crippen LogP contribution in [0.5, 0.6) is 0 Å². The fraction of sp³-hybridized carbons (Fsp3) is 0.900. The molecule has 0 aromatic carbocycles. The molecule has 2 heterocycles. The predicted octanol–water partition coefficient (Wildman–Crippen LogP) is -0.308. The number of piperazine rings is 1. The Balaban J connectivity index is 1.79. The molecule has 1 atom stereocenters. The van der Waals surface area contributed by atoms with E-state index in [1.165, 1.54) is 0 Å². The van der Waals surface area contributed by atoms with E-state index in [4.69, 9.17) is 4.74 Å². The minimum Gasteiger partial charge on any atom is -0.363 e. The van der Waals surface area contributed by atoms with Gasteiger partial charge in [0.15, 0.2) is 0 Å². The van der Waals surface area contributed by atoms with Gasteiger partial charge in [0.05, 0.1) is 12.6 Å². The normalized spacial score (nSPS) is 35.9. The zero-order valence-electron chi connectivity index (χ0n) is 8.53. The number of likely N-dealkylation sites (N-methyl/N-ethyl adjacent to an activating group) is 1. The molecule has 1 amide bonds. The molecule has 0 aromatic rings. The minimum absolute atomic E-state index is 0.252. The number of carbonyl (C=O) groups is 1. The molecular weight excluding hydrogens is 180 g/mol. The summed E-state index contributed by atoms with van der Waals surface area (Å²) in [7, 11) is 2.10. The summed E-state index contributed by atoms with van der Waals surface area (Å²) in [5, 5.41) is 0. The quantitative estimate of drug-likeness (QED) is 0.533. The van der Waals surface area contributed by atoms with Crippen molar-refractivity contribution in [2.24, 2.45) is 0 Å². The van der Waals surface area contributed by atoms with Crippen LogP contribution in [-0.4, -0.2) is 60.6 Å². The Morgan fingerprint density at radius 3 is 2.93 bits per heavy atom. The SMILES string of the molecule is CN1CCN2C(=O)C3(CC3)OCC2C1. The van der Waals surface area contributed by atoms with Crippen molar-refractivity contribution in [1.29, 1.82) is 0 Å². The molecule has 1 aliphatic carbocycles. The first-order valence-corrected chi connectivity index (χ1v) is 5.35. The van der Waals surface area contributed by atoms with Crippen molar-refractivity contribution in [3.05, 3.63) is 0 Å². The van der Waals surface area contributed by atoms with Crippen molar-refractivity contribution in [1.82, 2.24) is 9.80 Å². The minimum atomic E-state index is -0.369. The summed E-state index contributed by atoms with van der Waals surface area (Å²) in [6.07, 6.45) is 1.87. The van der Waals surface area contributed by atoms with Gasteiger partial charge in [0.2, 0.25) is 0 Å². The molecule has 0 bridgehead atoms. The number of amides is 1. The van der Waals surface area contributed by atoms with Gasteiger partial charge >= 0.3 is 0 Å². The molecule has 2 aliphatic heterocycles. The van der Waals surface area contributed by atoms with E-state index in [1.807, 2.05) is 4.90 Å². The second-order valence-corrected chi connectivity index (χ2v) is 4.72. The third-order valence-corrected chi connectivity index (χ3v) is 3.59. The van der Waals surface area contributed by atoms with Gasteiger partial charge in [-0.25, -0.2) is 0 Å². The number of rotatable bonds is 0. The summed E-state index contributed by atoms with van der Waals surface area (Å²) in [6, 6.07) is 0.299. The third-order valence-electron chi connectivity index (χ3n) is 3.59. The Bertz CT molecular complexity index is 275. The number of carbonyl (C=O) groups excluding carboxylic acids is 1. The van der Waals surface area contributed by atoms with Crippen molar-refractivity contribution < 1.29 is 9.53 Å². The van der Waals surface area contributed by atoms with Crippen LogP contribution in [0, 0.1) is 0 Å². The largest absolute Gasteiger partial charge is 0.363 e. The van der Waals surface area contributed by atoms with Gasteiger partial charge in [-0.1, -0.05) is 0 Å². The van der Waals surface area contributed by atoms with E-state index in [1.54, 1.807) is 0 Å². The number of ether oxygens (including phenoxy) is 1. The second-order valence-electron chi connectivity index (χ2n) is 4.72. The highest BCUT2D eigenvalue weighted by atomic mass is 16.5. The molecule has 0 N–H and O–H groups in total. The number of hydrogen-bond acceptors (Lipinski definition) is 3. The fourth-order valence-corrected chi connectivity index (χ4v) is 2.47. The molecule has 4 nitrogen and oxygen atoms in total. The number of hydrogen-bond donors (Lipinski definition) is 0. The summed E-state index contributed by atoms with van der Waals surface area (Å²) < 4.78 is 5.69. The predicted molar refractivity (Wildman–Crippen MR) is 50.9 cm³/mol. The van der Waals surface area contributed by atoms with Gasteiger partial charge < -0.3 is 14.5 Å². The molecule has 14 heavy (non-hydrogen) atoms. The molecule has 0 aromatic heterocycles. The first kappa shape index (κ1) is 8.68. The maximum Gasteiger partial charge on any atom is 0.255 e. The van der Waals surface area contributed by atoms with E-state index < -0.39 is 0 Å². The molecule has 3 fully saturated rings. The molecule has 1 unspecified atom stereocenters. The van der Waals surface area contributed by atoms with Crippen LogP contribution in [0.4, 0.5) is 0 Å². The van der Waals surface area contributed by atoms with Gasteiger partial charge in [0.25, 0.3) is 5.91 Å². The van der Waals surface area contributed by atoms with Gasteiger partial charge in [-0.15, -0.1) is 0 Å². The number of morpholine rings is 1. The highest BCUT2D eigenvalue weighted by Gasteiger charge is 2.57. The molecule has 2 saturated heterocycles. The number of nitrogens with zero attached hydrogens (tertiary/aromatic N) is 2. The fourth-order valence-electron chi connectivity index (χ4n) is 2.47. The van der Waals surface area contributed by atoms with Gasteiger partial charge in [0.1, 0.15) is 5.60 Å². The molecule has 4 heteroatoms. The Kier molecular flexibility index (Phi) is 1.67. The van der Waals surface area contributed by atoms with Crippen molar-refractivity contribution in [3.8, 4) is 0 Å². The van der Waals surface area contributed by atoms with Crippen LogP contribution in [-0.2, 0) is 9.53 Å². The molecule has 0 radical (unpaired) electrons. The summed E-state index contributed by atoms with van der Waals surface area (Å²) in [5.74, 6) is 0.252. The standard InChI is InChI=1S/C10H16N2O2/c1-11-4-5-12-8(6-11)7-14-10(2-3-10)9(12)13/h8H,2-7H2,1H3. The molecule has 3 aliphatic rings. The van der Waals surface area contributed by atoms with E-state index in [0.29, 0.717) is 6.04 Å². The second kappa shape index (κ2) is 2.70. The highest BCUT2D eigenvalue weighted by Crippen LogP contribution is 2.44. The monoisotopic (exact) mass is 196 g/mol. The highest BCUT2D eigenvalue weighted by molar-refractivity contribution is 5.89. The molecular formula is C10H16N2O2. The van der Waals surface area contributed by atoms with Gasteiger partial charge in [-0.3, -0.25) is 4.79 Å². The zero-order valence-corrected chi connectivity index (χ0v) is 8.53. The summed E-state index contributed by atoms with van der Waals surface area (Å²) in [6.45, 7) is 3.57. The summed E-state index contributed by atoms with van der Waals surface area (Å²) in [5.41, 5.74) is -0.369. The van der Waals surface area contributed by atoms with Crippen LogP contribution in [0.1, 0.15) is 12.8 Å². The first-order chi connectivity index (χ1) is 6.71. The molecule has 3 rings (SSSR count). The lowest BCUT2D eigenvalue weighted by atomic mass is 10.1. The summed E-state index contributed by atoms with van der Waals surface area (Å²) >= 11 is 0. The Hall–Kier alpha value is -0.610. The van der Waals surface area contributed by atoms with Crippen molar-refractivity contribution in [2.45, 2.75) is 24.5 Å². The molecule has 78 valence electrons. The van der Waals surface area contributed by atoms with E-state index in [0.717, 1.165) is 39.1 Å². The zero-order chi connectivity index (χ0) is 9.76. The Labute approximate surface area is 83.8 Å². The van der Waals surface area contributed by atoms with E-state index in [-0.39, 0.29) is 11.5 Å². The molecule has 1 spiro atoms. The Morgan fingerprint density at radius 1 is 1.43 bits per heavy atom. The van der Waals surface area contributed by atoms with Crippen LogP contribution in [0.2, 0.25) is 0 Å². The maximum absolute atomic E-state index is 12.0.